The highest BCUT2D eigenvalue weighted by molar-refractivity contribution is 5.76. The lowest BCUT2D eigenvalue weighted by atomic mass is 9.98. The average molecular weight is 346 g/mol. The lowest BCUT2D eigenvalue weighted by Gasteiger charge is -2.18. The fraction of sp³-hybridized carbons (Fsp3) is 0.611. The predicted octanol–water partition coefficient (Wildman–Crippen LogP) is 1.87. The van der Waals surface area contributed by atoms with Gasteiger partial charge in [0, 0.05) is 37.1 Å². The number of hydrogen-bond acceptors (Lipinski definition) is 5. The van der Waals surface area contributed by atoms with Gasteiger partial charge in [-0.05, 0) is 33.3 Å². The smallest absolute Gasteiger partial charge is 0.222 e. The first-order valence-electron chi connectivity index (χ1n) is 8.74. The molecule has 0 spiro atoms. The zero-order valence-corrected chi connectivity index (χ0v) is 15.3. The summed E-state index contributed by atoms with van der Waals surface area (Å²) in [5.41, 5.74) is 4.19. The Labute approximate surface area is 147 Å². The highest BCUT2D eigenvalue weighted by Crippen LogP contribution is 2.20. The molecule has 3 heterocycles. The summed E-state index contributed by atoms with van der Waals surface area (Å²) in [6, 6.07) is 1.95. The van der Waals surface area contributed by atoms with Crippen molar-refractivity contribution in [3.8, 4) is 0 Å². The summed E-state index contributed by atoms with van der Waals surface area (Å²) in [4.78, 5) is 12.3. The van der Waals surface area contributed by atoms with Crippen LogP contribution in [0.15, 0.2) is 10.6 Å². The molecule has 136 valence electrons. The van der Waals surface area contributed by atoms with Gasteiger partial charge in [0.25, 0.3) is 0 Å². The molecule has 0 aliphatic carbocycles. The molecule has 0 radical (unpaired) electrons. The van der Waals surface area contributed by atoms with Gasteiger partial charge < -0.3 is 14.6 Å². The summed E-state index contributed by atoms with van der Waals surface area (Å²) in [5, 5.41) is 11.5. The first-order valence-corrected chi connectivity index (χ1v) is 8.74. The Kier molecular flexibility index (Phi) is 5.22. The Hall–Kier alpha value is -2.15. The molecule has 0 aromatic carbocycles. The van der Waals surface area contributed by atoms with E-state index in [1.807, 2.05) is 31.5 Å². The van der Waals surface area contributed by atoms with E-state index in [1.54, 1.807) is 0 Å². The van der Waals surface area contributed by atoms with Crippen molar-refractivity contribution in [3.63, 3.8) is 0 Å². The van der Waals surface area contributed by atoms with Crippen molar-refractivity contribution in [2.75, 3.05) is 13.2 Å². The molecular weight excluding hydrogens is 320 g/mol. The third kappa shape index (κ3) is 4.10. The third-order valence-corrected chi connectivity index (χ3v) is 4.98. The van der Waals surface area contributed by atoms with Gasteiger partial charge in [0.1, 0.15) is 5.76 Å². The van der Waals surface area contributed by atoms with Crippen LogP contribution < -0.4 is 5.32 Å². The Morgan fingerprint density at radius 3 is 2.76 bits per heavy atom. The molecule has 1 amide bonds. The maximum absolute atomic E-state index is 12.3. The molecule has 0 saturated carbocycles. The second-order valence-electron chi connectivity index (χ2n) is 6.88. The molecular formula is C18H26N4O3. The van der Waals surface area contributed by atoms with E-state index in [4.69, 9.17) is 9.26 Å². The largest absolute Gasteiger partial charge is 0.379 e. The number of hydrogen-bond donors (Lipinski definition) is 1. The summed E-state index contributed by atoms with van der Waals surface area (Å²) in [5.74, 6) is 1.08. The van der Waals surface area contributed by atoms with Gasteiger partial charge >= 0.3 is 0 Å². The normalized spacial score (nSPS) is 20.2. The van der Waals surface area contributed by atoms with Crippen LogP contribution in [0.2, 0.25) is 0 Å². The Balaban J connectivity index is 1.52. The van der Waals surface area contributed by atoms with E-state index < -0.39 is 0 Å². The molecule has 3 rings (SSSR count). The third-order valence-electron chi connectivity index (χ3n) is 4.98. The molecule has 1 N–H and O–H groups in total. The molecule has 2 aromatic rings. The quantitative estimate of drug-likeness (QED) is 0.863. The lowest BCUT2D eigenvalue weighted by Crippen LogP contribution is -2.40. The maximum atomic E-state index is 12.3. The summed E-state index contributed by atoms with van der Waals surface area (Å²) < 4.78 is 12.7. The monoisotopic (exact) mass is 346 g/mol. The number of aromatic nitrogens is 3. The minimum absolute atomic E-state index is 0.0140. The summed E-state index contributed by atoms with van der Waals surface area (Å²) >= 11 is 0. The van der Waals surface area contributed by atoms with E-state index in [1.165, 1.54) is 5.56 Å². The SMILES string of the molecule is Cc1cc(C[C@H]2COC[C@H]2NC(=O)CCn2nc(C)c(C)c2C)on1. The van der Waals surface area contributed by atoms with E-state index in [-0.39, 0.29) is 17.9 Å². The fourth-order valence-electron chi connectivity index (χ4n) is 3.22. The number of carbonyl (C=O) groups is 1. The Morgan fingerprint density at radius 2 is 2.12 bits per heavy atom. The molecule has 2 aromatic heterocycles. The number of rotatable bonds is 6. The number of amides is 1. The zero-order chi connectivity index (χ0) is 18.0. The lowest BCUT2D eigenvalue weighted by molar-refractivity contribution is -0.122. The molecule has 1 aliphatic rings. The van der Waals surface area contributed by atoms with Gasteiger partial charge in [0.15, 0.2) is 0 Å². The molecule has 1 fully saturated rings. The van der Waals surface area contributed by atoms with E-state index in [0.29, 0.717) is 26.2 Å². The summed E-state index contributed by atoms with van der Waals surface area (Å²) in [6.45, 7) is 9.74. The van der Waals surface area contributed by atoms with Crippen LogP contribution in [0.25, 0.3) is 0 Å². The van der Waals surface area contributed by atoms with Gasteiger partial charge in [-0.1, -0.05) is 5.16 Å². The van der Waals surface area contributed by atoms with Crippen LogP contribution in [0.4, 0.5) is 0 Å². The number of ether oxygens (including phenoxy) is 1. The van der Waals surface area contributed by atoms with Crippen LogP contribution >= 0.6 is 0 Å². The van der Waals surface area contributed by atoms with Crippen molar-refractivity contribution in [2.45, 2.75) is 53.1 Å². The molecule has 1 saturated heterocycles. The number of carbonyl (C=O) groups excluding carboxylic acids is 1. The van der Waals surface area contributed by atoms with Crippen molar-refractivity contribution in [2.24, 2.45) is 5.92 Å². The fourth-order valence-corrected chi connectivity index (χ4v) is 3.22. The minimum Gasteiger partial charge on any atom is -0.379 e. The molecule has 7 nitrogen and oxygen atoms in total. The highest BCUT2D eigenvalue weighted by atomic mass is 16.5. The van der Waals surface area contributed by atoms with Crippen molar-refractivity contribution >= 4 is 5.91 Å². The molecule has 7 heteroatoms. The highest BCUT2D eigenvalue weighted by Gasteiger charge is 2.30. The molecule has 2 atom stereocenters. The van der Waals surface area contributed by atoms with Crippen LogP contribution in [0, 0.1) is 33.6 Å². The van der Waals surface area contributed by atoms with Crippen LogP contribution in [0.1, 0.15) is 34.8 Å². The van der Waals surface area contributed by atoms with E-state index in [9.17, 15) is 4.79 Å². The summed E-state index contributed by atoms with van der Waals surface area (Å²) in [6.07, 6.45) is 1.13. The standard InChI is InChI=1S/C18H26N4O3/c1-11-7-16(25-21-11)8-15-9-24-10-17(15)19-18(23)5-6-22-14(4)12(2)13(3)20-22/h7,15,17H,5-6,8-10H2,1-4H3,(H,19,23)/t15-,17+/m0/s1. The van der Waals surface area contributed by atoms with Gasteiger partial charge in [-0.3, -0.25) is 9.48 Å². The van der Waals surface area contributed by atoms with Crippen molar-refractivity contribution in [1.82, 2.24) is 20.3 Å². The minimum atomic E-state index is 0.0140. The Morgan fingerprint density at radius 1 is 1.32 bits per heavy atom. The first-order chi connectivity index (χ1) is 11.9. The maximum Gasteiger partial charge on any atom is 0.222 e. The van der Waals surface area contributed by atoms with E-state index in [2.05, 4.69) is 22.5 Å². The van der Waals surface area contributed by atoms with Crippen LogP contribution in [0.5, 0.6) is 0 Å². The summed E-state index contributed by atoms with van der Waals surface area (Å²) in [7, 11) is 0. The molecule has 25 heavy (non-hydrogen) atoms. The van der Waals surface area contributed by atoms with Crippen LogP contribution in [-0.2, 0) is 22.5 Å². The average Bonchev–Trinajstić information content (AvgIpc) is 3.24. The van der Waals surface area contributed by atoms with Crippen LogP contribution in [-0.4, -0.2) is 40.1 Å². The van der Waals surface area contributed by atoms with Crippen LogP contribution in [0.3, 0.4) is 0 Å². The van der Waals surface area contributed by atoms with Crippen molar-refractivity contribution in [1.29, 1.82) is 0 Å². The predicted molar refractivity (Wildman–Crippen MR) is 92.2 cm³/mol. The zero-order valence-electron chi connectivity index (χ0n) is 15.3. The van der Waals surface area contributed by atoms with Gasteiger partial charge in [-0.2, -0.15) is 5.10 Å². The van der Waals surface area contributed by atoms with Gasteiger partial charge in [-0.15, -0.1) is 0 Å². The van der Waals surface area contributed by atoms with Gasteiger partial charge in [0.2, 0.25) is 5.91 Å². The molecule has 1 aliphatic heterocycles. The molecule has 0 bridgehead atoms. The van der Waals surface area contributed by atoms with E-state index >= 15 is 0 Å². The number of nitrogens with zero attached hydrogens (tertiary/aromatic N) is 3. The van der Waals surface area contributed by atoms with Gasteiger partial charge in [-0.25, -0.2) is 0 Å². The second kappa shape index (κ2) is 7.39. The Bertz CT molecular complexity index is 750. The van der Waals surface area contributed by atoms with E-state index in [0.717, 1.165) is 29.3 Å². The number of nitrogens with one attached hydrogen (secondary N) is 1. The first kappa shape index (κ1) is 17.7. The number of aryl methyl sites for hydroxylation is 3. The van der Waals surface area contributed by atoms with Gasteiger partial charge in [0.05, 0.1) is 30.6 Å². The molecule has 0 unspecified atom stereocenters. The second-order valence-corrected chi connectivity index (χ2v) is 6.88. The van der Waals surface area contributed by atoms with Crippen molar-refractivity contribution in [3.05, 3.63) is 34.5 Å². The topological polar surface area (TPSA) is 82.2 Å². The van der Waals surface area contributed by atoms with Crippen molar-refractivity contribution < 1.29 is 14.1 Å².